The molecule has 0 saturated heterocycles. The highest BCUT2D eigenvalue weighted by atomic mass is 19.4. The Hall–Kier alpha value is -2.31. The van der Waals surface area contributed by atoms with Crippen molar-refractivity contribution in [2.75, 3.05) is 5.32 Å². The number of benzene rings is 1. The Morgan fingerprint density at radius 2 is 1.90 bits per heavy atom. The number of amides is 1. The molecule has 0 fully saturated rings. The molecule has 0 heterocycles. The van der Waals surface area contributed by atoms with Gasteiger partial charge in [-0.1, -0.05) is 13.0 Å². The molecule has 4 nitrogen and oxygen atoms in total. The number of allylic oxidation sites excluding steroid dienone is 1. The van der Waals surface area contributed by atoms with Crippen LogP contribution in [0, 0.1) is 0 Å². The molecule has 1 aromatic carbocycles. The monoisotopic (exact) mass is 301 g/mol. The molecular weight excluding hydrogens is 287 g/mol. The van der Waals surface area contributed by atoms with Crippen LogP contribution in [0.3, 0.4) is 0 Å². The first kappa shape index (κ1) is 16.7. The fraction of sp³-hybridized carbons (Fsp3) is 0.286. The minimum Gasteiger partial charge on any atom is -0.478 e. The van der Waals surface area contributed by atoms with Gasteiger partial charge in [-0.15, -0.1) is 0 Å². The summed E-state index contributed by atoms with van der Waals surface area (Å²) in [5.74, 6) is -2.08. The summed E-state index contributed by atoms with van der Waals surface area (Å²) < 4.78 is 38.1. The summed E-state index contributed by atoms with van der Waals surface area (Å²) in [4.78, 5) is 22.6. The van der Waals surface area contributed by atoms with E-state index in [4.69, 9.17) is 5.11 Å². The van der Waals surface area contributed by atoms with Gasteiger partial charge in [-0.3, -0.25) is 4.79 Å². The van der Waals surface area contributed by atoms with Crippen molar-refractivity contribution < 1.29 is 27.9 Å². The molecule has 0 radical (unpaired) electrons. The van der Waals surface area contributed by atoms with E-state index < -0.39 is 29.2 Å². The van der Waals surface area contributed by atoms with Gasteiger partial charge in [-0.05, 0) is 31.5 Å². The van der Waals surface area contributed by atoms with Gasteiger partial charge in [-0.2, -0.15) is 13.2 Å². The summed E-state index contributed by atoms with van der Waals surface area (Å²) in [6, 6.07) is 2.20. The second-order valence-corrected chi connectivity index (χ2v) is 4.35. The Kier molecular flexibility index (Phi) is 5.12. The van der Waals surface area contributed by atoms with E-state index in [1.54, 1.807) is 6.08 Å². The van der Waals surface area contributed by atoms with Crippen LogP contribution in [-0.4, -0.2) is 17.0 Å². The second-order valence-electron chi connectivity index (χ2n) is 4.35. The third-order valence-electron chi connectivity index (χ3n) is 2.63. The summed E-state index contributed by atoms with van der Waals surface area (Å²) in [6.45, 7) is 3.33. The van der Waals surface area contributed by atoms with E-state index in [-0.39, 0.29) is 5.69 Å². The molecule has 1 aromatic rings. The minimum atomic E-state index is -4.70. The Balaban J connectivity index is 3.18. The van der Waals surface area contributed by atoms with Gasteiger partial charge in [0.1, 0.15) is 0 Å². The van der Waals surface area contributed by atoms with E-state index >= 15 is 0 Å². The molecule has 0 aliphatic rings. The van der Waals surface area contributed by atoms with Crippen molar-refractivity contribution in [3.63, 3.8) is 0 Å². The van der Waals surface area contributed by atoms with E-state index in [9.17, 15) is 22.8 Å². The zero-order valence-electron chi connectivity index (χ0n) is 11.4. The molecule has 0 aromatic heterocycles. The lowest BCUT2D eigenvalue weighted by atomic mass is 10.1. The van der Waals surface area contributed by atoms with E-state index in [1.807, 2.05) is 6.92 Å². The van der Waals surface area contributed by atoms with Gasteiger partial charge in [0.2, 0.25) is 0 Å². The molecule has 0 unspecified atom stereocenters. The molecule has 2 N–H and O–H groups in total. The minimum absolute atomic E-state index is 0.212. The molecule has 0 aliphatic heterocycles. The van der Waals surface area contributed by atoms with Crippen LogP contribution >= 0.6 is 0 Å². The fourth-order valence-corrected chi connectivity index (χ4v) is 1.62. The lowest BCUT2D eigenvalue weighted by Crippen LogP contribution is -2.15. The van der Waals surface area contributed by atoms with Crippen molar-refractivity contribution in [1.82, 2.24) is 0 Å². The Morgan fingerprint density at radius 1 is 1.29 bits per heavy atom. The molecule has 1 rings (SSSR count). The van der Waals surface area contributed by atoms with Gasteiger partial charge in [0.25, 0.3) is 5.91 Å². The number of alkyl halides is 3. The van der Waals surface area contributed by atoms with Crippen LogP contribution in [0.4, 0.5) is 18.9 Å². The number of anilines is 1. The van der Waals surface area contributed by atoms with Crippen molar-refractivity contribution in [1.29, 1.82) is 0 Å². The number of carboxylic acid groups (broad SMARTS) is 1. The van der Waals surface area contributed by atoms with Gasteiger partial charge < -0.3 is 10.4 Å². The maximum atomic E-state index is 12.7. The van der Waals surface area contributed by atoms with Crippen LogP contribution in [-0.2, 0) is 11.0 Å². The maximum absolute atomic E-state index is 12.7. The first-order chi connectivity index (χ1) is 9.65. The average molecular weight is 301 g/mol. The summed E-state index contributed by atoms with van der Waals surface area (Å²) in [7, 11) is 0. The number of hydrogen-bond acceptors (Lipinski definition) is 2. The zero-order chi connectivity index (χ0) is 16.2. The molecule has 21 heavy (non-hydrogen) atoms. The number of carboxylic acids is 1. The molecule has 0 bridgehead atoms. The van der Waals surface area contributed by atoms with Crippen molar-refractivity contribution >= 4 is 17.6 Å². The van der Waals surface area contributed by atoms with Gasteiger partial charge >= 0.3 is 12.1 Å². The van der Waals surface area contributed by atoms with Crippen molar-refractivity contribution in [2.24, 2.45) is 0 Å². The van der Waals surface area contributed by atoms with Gasteiger partial charge in [-0.25, -0.2) is 4.79 Å². The number of carbonyl (C=O) groups is 2. The molecule has 7 heteroatoms. The smallest absolute Gasteiger partial charge is 0.416 e. The predicted molar refractivity (Wildman–Crippen MR) is 71.1 cm³/mol. The van der Waals surface area contributed by atoms with Crippen LogP contribution in [0.2, 0.25) is 0 Å². The van der Waals surface area contributed by atoms with E-state index in [0.29, 0.717) is 24.1 Å². The Labute approximate surface area is 119 Å². The highest BCUT2D eigenvalue weighted by molar-refractivity contribution is 6.04. The molecule has 0 atom stereocenters. The van der Waals surface area contributed by atoms with E-state index in [0.717, 1.165) is 6.07 Å². The molecule has 114 valence electrons. The van der Waals surface area contributed by atoms with Gasteiger partial charge in [0, 0.05) is 11.3 Å². The quantitative estimate of drug-likeness (QED) is 0.833. The second kappa shape index (κ2) is 6.43. The average Bonchev–Trinajstić information content (AvgIpc) is 2.37. The van der Waals surface area contributed by atoms with Crippen molar-refractivity contribution in [2.45, 2.75) is 26.4 Å². The van der Waals surface area contributed by atoms with Crippen LogP contribution in [0.15, 0.2) is 29.8 Å². The lowest BCUT2D eigenvalue weighted by Gasteiger charge is -2.12. The normalized spacial score (nSPS) is 12.1. The molecule has 1 amide bonds. The predicted octanol–water partition coefficient (Wildman–Crippen LogP) is 3.70. The first-order valence-corrected chi connectivity index (χ1v) is 6.08. The number of nitrogens with one attached hydrogen (secondary N) is 1. The largest absolute Gasteiger partial charge is 0.478 e. The Morgan fingerprint density at radius 3 is 2.38 bits per heavy atom. The lowest BCUT2D eigenvalue weighted by molar-refractivity contribution is -0.137. The fourth-order valence-electron chi connectivity index (χ4n) is 1.62. The van der Waals surface area contributed by atoms with Crippen molar-refractivity contribution in [3.8, 4) is 0 Å². The molecule has 0 aliphatic carbocycles. The highest BCUT2D eigenvalue weighted by Gasteiger charge is 2.32. The standard InChI is InChI=1S/C14H14F3NO3/c1-3-4-8(2)12(19)18-11-6-9(13(20)21)5-10(7-11)14(15,16)17/h4-7H,3H2,1-2H3,(H,18,19)(H,20,21). The molecule has 0 spiro atoms. The summed E-state index contributed by atoms with van der Waals surface area (Å²) >= 11 is 0. The van der Waals surface area contributed by atoms with Crippen LogP contribution < -0.4 is 5.32 Å². The first-order valence-electron chi connectivity index (χ1n) is 6.08. The number of carbonyl (C=O) groups excluding carboxylic acids is 1. The Bertz CT molecular complexity index is 592. The topological polar surface area (TPSA) is 66.4 Å². The maximum Gasteiger partial charge on any atom is 0.416 e. The number of hydrogen-bond donors (Lipinski definition) is 2. The zero-order valence-corrected chi connectivity index (χ0v) is 11.4. The van der Waals surface area contributed by atoms with E-state index in [2.05, 4.69) is 5.32 Å². The van der Waals surface area contributed by atoms with Gasteiger partial charge in [0.05, 0.1) is 11.1 Å². The summed E-state index contributed by atoms with van der Waals surface area (Å²) in [6.07, 6.45) is -2.48. The van der Waals surface area contributed by atoms with Crippen LogP contribution in [0.1, 0.15) is 36.2 Å². The number of rotatable bonds is 4. The highest BCUT2D eigenvalue weighted by Crippen LogP contribution is 2.32. The number of aromatic carboxylic acids is 1. The third kappa shape index (κ3) is 4.62. The van der Waals surface area contributed by atoms with Crippen LogP contribution in [0.25, 0.3) is 0 Å². The van der Waals surface area contributed by atoms with Crippen LogP contribution in [0.5, 0.6) is 0 Å². The molecular formula is C14H14F3NO3. The van der Waals surface area contributed by atoms with E-state index in [1.165, 1.54) is 6.92 Å². The number of halogens is 3. The third-order valence-corrected chi connectivity index (χ3v) is 2.63. The SMILES string of the molecule is CCC=C(C)C(=O)Nc1cc(C(=O)O)cc(C(F)(F)F)c1. The van der Waals surface area contributed by atoms with Crippen molar-refractivity contribution in [3.05, 3.63) is 41.0 Å². The van der Waals surface area contributed by atoms with Gasteiger partial charge in [0.15, 0.2) is 0 Å². The summed E-state index contributed by atoms with van der Waals surface area (Å²) in [5, 5.41) is 11.1. The molecule has 0 saturated carbocycles. The summed E-state index contributed by atoms with van der Waals surface area (Å²) in [5.41, 5.74) is -1.55.